The van der Waals surface area contributed by atoms with Crippen molar-refractivity contribution in [2.45, 2.75) is 45.8 Å². The lowest BCUT2D eigenvalue weighted by molar-refractivity contribution is -0.124. The highest BCUT2D eigenvalue weighted by atomic mass is 79.9. The number of hydrogen-bond donors (Lipinski definition) is 2. The van der Waals surface area contributed by atoms with E-state index < -0.39 is 0 Å². The fourth-order valence-corrected chi connectivity index (χ4v) is 1.90. The Bertz CT molecular complexity index is 413. The molecule has 0 aromatic heterocycles. The highest BCUT2D eigenvalue weighted by molar-refractivity contribution is 9.10. The minimum Gasteiger partial charge on any atom is -0.350 e. The van der Waals surface area contributed by atoms with E-state index in [9.17, 15) is 4.79 Å². The van der Waals surface area contributed by atoms with Crippen LogP contribution in [-0.4, -0.2) is 17.5 Å². The van der Waals surface area contributed by atoms with Gasteiger partial charge in [0, 0.05) is 16.6 Å². The van der Waals surface area contributed by atoms with Gasteiger partial charge in [-0.2, -0.15) is 0 Å². The van der Waals surface area contributed by atoms with E-state index in [0.717, 1.165) is 10.0 Å². The molecular formula is C14H21BrN2O. The zero-order chi connectivity index (χ0) is 13.8. The Morgan fingerprint density at radius 2 is 1.94 bits per heavy atom. The molecule has 0 saturated heterocycles. The van der Waals surface area contributed by atoms with Gasteiger partial charge in [-0.15, -0.1) is 0 Å². The number of benzene rings is 1. The Labute approximate surface area is 117 Å². The summed E-state index contributed by atoms with van der Waals surface area (Å²) in [6.07, 6.45) is 0. The van der Waals surface area contributed by atoms with E-state index in [4.69, 9.17) is 0 Å². The van der Waals surface area contributed by atoms with Gasteiger partial charge in [-0.3, -0.25) is 4.79 Å². The maximum Gasteiger partial charge on any atom is 0.237 e. The third kappa shape index (κ3) is 5.19. The standard InChI is InChI=1S/C14H21BrN2O/c1-10(13(18)17-14(2,3)4)16-9-11-7-5-6-8-12(11)15/h5-8,10,16H,9H2,1-4H3,(H,17,18). The summed E-state index contributed by atoms with van der Waals surface area (Å²) >= 11 is 3.49. The van der Waals surface area contributed by atoms with Gasteiger partial charge >= 0.3 is 0 Å². The second-order valence-corrected chi connectivity index (χ2v) is 6.29. The molecule has 0 spiro atoms. The van der Waals surface area contributed by atoms with E-state index in [1.54, 1.807) is 0 Å². The molecule has 1 aromatic rings. The molecule has 0 fully saturated rings. The van der Waals surface area contributed by atoms with E-state index in [-0.39, 0.29) is 17.5 Å². The first-order valence-electron chi connectivity index (χ1n) is 6.08. The van der Waals surface area contributed by atoms with Crippen molar-refractivity contribution in [1.29, 1.82) is 0 Å². The normalized spacial score (nSPS) is 13.2. The summed E-state index contributed by atoms with van der Waals surface area (Å²) in [6, 6.07) is 7.78. The zero-order valence-corrected chi connectivity index (χ0v) is 13.0. The highest BCUT2D eigenvalue weighted by Crippen LogP contribution is 2.15. The van der Waals surface area contributed by atoms with E-state index >= 15 is 0 Å². The summed E-state index contributed by atoms with van der Waals surface area (Å²) in [5.74, 6) is 0.0227. The Kier molecular flexibility index (Phi) is 5.35. The molecule has 100 valence electrons. The first-order chi connectivity index (χ1) is 8.29. The number of nitrogens with one attached hydrogen (secondary N) is 2. The second kappa shape index (κ2) is 6.34. The van der Waals surface area contributed by atoms with Crippen molar-refractivity contribution in [2.75, 3.05) is 0 Å². The largest absolute Gasteiger partial charge is 0.350 e. The molecule has 1 unspecified atom stereocenters. The van der Waals surface area contributed by atoms with Crippen LogP contribution in [-0.2, 0) is 11.3 Å². The second-order valence-electron chi connectivity index (χ2n) is 5.43. The van der Waals surface area contributed by atoms with Crippen molar-refractivity contribution in [1.82, 2.24) is 10.6 Å². The van der Waals surface area contributed by atoms with Crippen LogP contribution in [0, 0.1) is 0 Å². The first kappa shape index (κ1) is 15.2. The van der Waals surface area contributed by atoms with Crippen LogP contribution in [0.25, 0.3) is 0 Å². The fraction of sp³-hybridized carbons (Fsp3) is 0.500. The maximum absolute atomic E-state index is 11.9. The molecule has 0 aliphatic rings. The molecule has 1 aromatic carbocycles. The maximum atomic E-state index is 11.9. The highest BCUT2D eigenvalue weighted by Gasteiger charge is 2.18. The van der Waals surface area contributed by atoms with Crippen molar-refractivity contribution in [3.63, 3.8) is 0 Å². The number of rotatable bonds is 4. The zero-order valence-electron chi connectivity index (χ0n) is 11.4. The van der Waals surface area contributed by atoms with Crippen LogP contribution in [0.4, 0.5) is 0 Å². The topological polar surface area (TPSA) is 41.1 Å². The SMILES string of the molecule is CC(NCc1ccccc1Br)C(=O)NC(C)(C)C. The van der Waals surface area contributed by atoms with Crippen LogP contribution in [0.5, 0.6) is 0 Å². The summed E-state index contributed by atoms with van der Waals surface area (Å²) in [4.78, 5) is 11.9. The van der Waals surface area contributed by atoms with Crippen LogP contribution >= 0.6 is 15.9 Å². The first-order valence-corrected chi connectivity index (χ1v) is 6.88. The molecule has 0 radical (unpaired) electrons. The van der Waals surface area contributed by atoms with E-state index in [2.05, 4.69) is 26.6 Å². The molecule has 3 nitrogen and oxygen atoms in total. The lowest BCUT2D eigenvalue weighted by atomic mass is 10.1. The van der Waals surface area contributed by atoms with Gasteiger partial charge in [-0.1, -0.05) is 34.1 Å². The molecule has 0 bridgehead atoms. The average Bonchev–Trinajstić information content (AvgIpc) is 2.25. The summed E-state index contributed by atoms with van der Waals surface area (Å²) in [7, 11) is 0. The summed E-state index contributed by atoms with van der Waals surface area (Å²) < 4.78 is 1.06. The van der Waals surface area contributed by atoms with E-state index in [0.29, 0.717) is 6.54 Å². The smallest absolute Gasteiger partial charge is 0.237 e. The molecule has 18 heavy (non-hydrogen) atoms. The summed E-state index contributed by atoms with van der Waals surface area (Å²) in [5.41, 5.74) is 0.952. The van der Waals surface area contributed by atoms with Crippen LogP contribution in [0.15, 0.2) is 28.7 Å². The van der Waals surface area contributed by atoms with Crippen LogP contribution in [0.2, 0.25) is 0 Å². The molecule has 0 aliphatic carbocycles. The lowest BCUT2D eigenvalue weighted by Crippen LogP contribution is -2.49. The Hall–Kier alpha value is -0.870. The van der Waals surface area contributed by atoms with E-state index in [1.165, 1.54) is 0 Å². The van der Waals surface area contributed by atoms with Gasteiger partial charge in [-0.25, -0.2) is 0 Å². The van der Waals surface area contributed by atoms with Crippen molar-refractivity contribution in [3.05, 3.63) is 34.3 Å². The third-order valence-electron chi connectivity index (χ3n) is 2.45. The average molecular weight is 313 g/mol. The minimum absolute atomic E-state index is 0.0227. The van der Waals surface area contributed by atoms with Crippen molar-refractivity contribution in [2.24, 2.45) is 0 Å². The number of amides is 1. The molecule has 4 heteroatoms. The number of halogens is 1. The van der Waals surface area contributed by atoms with Crippen LogP contribution in [0.1, 0.15) is 33.3 Å². The Morgan fingerprint density at radius 1 is 1.33 bits per heavy atom. The van der Waals surface area contributed by atoms with Gasteiger partial charge in [0.15, 0.2) is 0 Å². The van der Waals surface area contributed by atoms with Crippen molar-refractivity contribution < 1.29 is 4.79 Å². The predicted octanol–water partition coefficient (Wildman–Crippen LogP) is 2.84. The predicted molar refractivity (Wildman–Crippen MR) is 78.3 cm³/mol. The molecule has 0 saturated carbocycles. The molecule has 1 rings (SSSR count). The third-order valence-corrected chi connectivity index (χ3v) is 3.22. The van der Waals surface area contributed by atoms with Crippen LogP contribution in [0.3, 0.4) is 0 Å². The molecule has 1 amide bonds. The molecule has 1 atom stereocenters. The summed E-state index contributed by atoms with van der Waals surface area (Å²) in [6.45, 7) is 8.47. The van der Waals surface area contributed by atoms with Gasteiger partial charge in [0.25, 0.3) is 0 Å². The minimum atomic E-state index is -0.212. The number of carbonyl (C=O) groups excluding carboxylic acids is 1. The fourth-order valence-electron chi connectivity index (χ4n) is 1.48. The number of hydrogen-bond acceptors (Lipinski definition) is 2. The Morgan fingerprint density at radius 3 is 2.50 bits per heavy atom. The van der Waals surface area contributed by atoms with Gasteiger partial charge in [-0.05, 0) is 39.3 Å². The van der Waals surface area contributed by atoms with Crippen molar-refractivity contribution in [3.8, 4) is 0 Å². The van der Waals surface area contributed by atoms with Gasteiger partial charge < -0.3 is 10.6 Å². The molecule has 0 aliphatic heterocycles. The lowest BCUT2D eigenvalue weighted by Gasteiger charge is -2.23. The monoisotopic (exact) mass is 312 g/mol. The quantitative estimate of drug-likeness (QED) is 0.897. The van der Waals surface area contributed by atoms with Crippen LogP contribution < -0.4 is 10.6 Å². The van der Waals surface area contributed by atoms with Gasteiger partial charge in [0.2, 0.25) is 5.91 Å². The Balaban J connectivity index is 2.49. The molecule has 2 N–H and O–H groups in total. The number of carbonyl (C=O) groups is 1. The van der Waals surface area contributed by atoms with Gasteiger partial charge in [0.1, 0.15) is 0 Å². The van der Waals surface area contributed by atoms with Gasteiger partial charge in [0.05, 0.1) is 6.04 Å². The van der Waals surface area contributed by atoms with Crippen molar-refractivity contribution >= 4 is 21.8 Å². The summed E-state index contributed by atoms with van der Waals surface area (Å²) in [5, 5.41) is 6.18. The molecular weight excluding hydrogens is 292 g/mol. The molecule has 0 heterocycles. The van der Waals surface area contributed by atoms with E-state index in [1.807, 2.05) is 52.0 Å².